The molecule has 0 bridgehead atoms. The first-order chi connectivity index (χ1) is 8.99. The molecule has 0 unspecified atom stereocenters. The summed E-state index contributed by atoms with van der Waals surface area (Å²) in [4.78, 5) is -0.133. The highest BCUT2D eigenvalue weighted by Gasteiger charge is 2.14. The van der Waals surface area contributed by atoms with Gasteiger partial charge in [0.1, 0.15) is 28.1 Å². The van der Waals surface area contributed by atoms with Gasteiger partial charge in [0.2, 0.25) is 0 Å². The molecule has 0 aliphatic carbocycles. The first-order valence-corrected chi connectivity index (χ1v) is 5.99. The summed E-state index contributed by atoms with van der Waals surface area (Å²) in [5.41, 5.74) is 5.43. The second-order valence-electron chi connectivity index (χ2n) is 3.65. The third-order valence-electron chi connectivity index (χ3n) is 2.34. The lowest BCUT2D eigenvalue weighted by Crippen LogP contribution is -2.13. The third-order valence-corrected chi connectivity index (χ3v) is 2.84. The standard InChI is InChI=1S/C13H8ClF2NOS/c14-8-6-7(15)4-5-10(8)18-11-3-1-2-9(16)12(11)13(17)19/h1-6H,(H2,17,19). The van der Waals surface area contributed by atoms with Crippen LogP contribution in [0.15, 0.2) is 36.4 Å². The van der Waals surface area contributed by atoms with Crippen molar-refractivity contribution in [2.45, 2.75) is 0 Å². The summed E-state index contributed by atoms with van der Waals surface area (Å²) in [6, 6.07) is 7.78. The number of thiocarbonyl (C=S) groups is 1. The predicted molar refractivity (Wildman–Crippen MR) is 73.8 cm³/mol. The normalized spacial score (nSPS) is 10.3. The van der Waals surface area contributed by atoms with E-state index in [-0.39, 0.29) is 27.1 Å². The molecule has 0 saturated heterocycles. The molecule has 6 heteroatoms. The van der Waals surface area contributed by atoms with Gasteiger partial charge in [-0.2, -0.15) is 0 Å². The van der Waals surface area contributed by atoms with E-state index in [9.17, 15) is 8.78 Å². The van der Waals surface area contributed by atoms with Crippen molar-refractivity contribution >= 4 is 28.8 Å². The molecule has 0 aliphatic heterocycles. The Hall–Kier alpha value is -1.72. The van der Waals surface area contributed by atoms with E-state index in [0.29, 0.717) is 0 Å². The van der Waals surface area contributed by atoms with Crippen LogP contribution in [0, 0.1) is 11.6 Å². The Bertz CT molecular complexity index is 649. The van der Waals surface area contributed by atoms with Crippen LogP contribution in [0.4, 0.5) is 8.78 Å². The van der Waals surface area contributed by atoms with Crippen LogP contribution in [-0.4, -0.2) is 4.99 Å². The van der Waals surface area contributed by atoms with Gasteiger partial charge >= 0.3 is 0 Å². The van der Waals surface area contributed by atoms with Gasteiger partial charge in [0.05, 0.1) is 10.6 Å². The largest absolute Gasteiger partial charge is 0.455 e. The Morgan fingerprint density at radius 2 is 1.89 bits per heavy atom. The van der Waals surface area contributed by atoms with E-state index >= 15 is 0 Å². The lowest BCUT2D eigenvalue weighted by molar-refractivity contribution is 0.474. The molecule has 2 rings (SSSR count). The van der Waals surface area contributed by atoms with Gasteiger partial charge in [0.25, 0.3) is 0 Å². The number of hydrogen-bond acceptors (Lipinski definition) is 2. The van der Waals surface area contributed by atoms with E-state index in [0.717, 1.165) is 6.07 Å². The molecule has 0 fully saturated rings. The minimum absolute atomic E-state index is 0.0158. The molecule has 0 radical (unpaired) electrons. The molecule has 2 aromatic carbocycles. The van der Waals surface area contributed by atoms with E-state index < -0.39 is 11.6 Å². The van der Waals surface area contributed by atoms with Crippen LogP contribution >= 0.6 is 23.8 Å². The van der Waals surface area contributed by atoms with Crippen LogP contribution in [0.3, 0.4) is 0 Å². The molecular weight excluding hydrogens is 292 g/mol. The summed E-state index contributed by atoms with van der Waals surface area (Å²) >= 11 is 10.6. The number of rotatable bonds is 3. The van der Waals surface area contributed by atoms with Crippen LogP contribution in [0.25, 0.3) is 0 Å². The van der Waals surface area contributed by atoms with Crippen molar-refractivity contribution in [1.82, 2.24) is 0 Å². The Morgan fingerprint density at radius 1 is 1.16 bits per heavy atom. The van der Waals surface area contributed by atoms with Gasteiger partial charge in [-0.3, -0.25) is 0 Å². The van der Waals surface area contributed by atoms with Crippen molar-refractivity contribution < 1.29 is 13.5 Å². The predicted octanol–water partition coefficient (Wildman–Crippen LogP) is 4.04. The zero-order valence-corrected chi connectivity index (χ0v) is 11.1. The highest BCUT2D eigenvalue weighted by atomic mass is 35.5. The van der Waals surface area contributed by atoms with Crippen LogP contribution < -0.4 is 10.5 Å². The van der Waals surface area contributed by atoms with Gasteiger partial charge in [0.15, 0.2) is 0 Å². The van der Waals surface area contributed by atoms with Crippen molar-refractivity contribution in [3.05, 3.63) is 58.6 Å². The zero-order valence-electron chi connectivity index (χ0n) is 9.49. The SMILES string of the molecule is NC(=S)c1c(F)cccc1Oc1ccc(F)cc1Cl. The first-order valence-electron chi connectivity index (χ1n) is 5.20. The van der Waals surface area contributed by atoms with Crippen LogP contribution in [0.1, 0.15) is 5.56 Å². The monoisotopic (exact) mass is 299 g/mol. The molecule has 0 aliphatic rings. The molecule has 2 aromatic rings. The smallest absolute Gasteiger partial charge is 0.146 e. The number of ether oxygens (including phenoxy) is 1. The van der Waals surface area contributed by atoms with Gasteiger partial charge in [-0.15, -0.1) is 0 Å². The highest BCUT2D eigenvalue weighted by Crippen LogP contribution is 2.32. The van der Waals surface area contributed by atoms with Gasteiger partial charge in [-0.05, 0) is 30.3 Å². The second-order valence-corrected chi connectivity index (χ2v) is 4.50. The second kappa shape index (κ2) is 5.50. The minimum atomic E-state index is -0.594. The number of halogens is 3. The van der Waals surface area contributed by atoms with Gasteiger partial charge in [-0.25, -0.2) is 8.78 Å². The Balaban J connectivity index is 2.44. The molecule has 0 aromatic heterocycles. The van der Waals surface area contributed by atoms with E-state index in [4.69, 9.17) is 34.3 Å². The number of nitrogens with two attached hydrogens (primary N) is 1. The average Bonchev–Trinajstić information content (AvgIpc) is 2.32. The lowest BCUT2D eigenvalue weighted by atomic mass is 10.2. The summed E-state index contributed by atoms with van der Waals surface area (Å²) in [6.45, 7) is 0. The molecule has 0 atom stereocenters. The Morgan fingerprint density at radius 3 is 2.53 bits per heavy atom. The van der Waals surface area contributed by atoms with Crippen LogP contribution in [0.2, 0.25) is 5.02 Å². The van der Waals surface area contributed by atoms with E-state index in [1.54, 1.807) is 0 Å². The summed E-state index contributed by atoms with van der Waals surface area (Å²) in [5, 5.41) is 0.0677. The topological polar surface area (TPSA) is 35.2 Å². The summed E-state index contributed by atoms with van der Waals surface area (Å²) in [5.74, 6) is -0.776. The van der Waals surface area contributed by atoms with Crippen LogP contribution in [0.5, 0.6) is 11.5 Å². The maximum Gasteiger partial charge on any atom is 0.146 e. The van der Waals surface area contributed by atoms with Crippen molar-refractivity contribution in [2.24, 2.45) is 5.73 Å². The summed E-state index contributed by atoms with van der Waals surface area (Å²) in [6.07, 6.45) is 0. The highest BCUT2D eigenvalue weighted by molar-refractivity contribution is 7.80. The molecule has 19 heavy (non-hydrogen) atoms. The van der Waals surface area contributed by atoms with Gasteiger partial charge < -0.3 is 10.5 Å². The maximum atomic E-state index is 13.6. The van der Waals surface area contributed by atoms with Crippen molar-refractivity contribution in [3.8, 4) is 11.5 Å². The van der Waals surface area contributed by atoms with Gasteiger partial charge in [0, 0.05) is 0 Å². The fraction of sp³-hybridized carbons (Fsp3) is 0. The molecule has 0 heterocycles. The summed E-state index contributed by atoms with van der Waals surface area (Å²) < 4.78 is 32.0. The Labute approximate surface area is 118 Å². The van der Waals surface area contributed by atoms with Crippen molar-refractivity contribution in [1.29, 1.82) is 0 Å². The molecule has 2 nitrogen and oxygen atoms in total. The first kappa shape index (κ1) is 13.7. The van der Waals surface area contributed by atoms with Crippen molar-refractivity contribution in [3.63, 3.8) is 0 Å². The van der Waals surface area contributed by atoms with E-state index in [1.165, 1.54) is 30.3 Å². The zero-order chi connectivity index (χ0) is 14.0. The quantitative estimate of drug-likeness (QED) is 0.869. The molecule has 0 saturated carbocycles. The summed E-state index contributed by atoms with van der Waals surface area (Å²) in [7, 11) is 0. The van der Waals surface area contributed by atoms with Crippen LogP contribution in [-0.2, 0) is 0 Å². The lowest BCUT2D eigenvalue weighted by Gasteiger charge is -2.12. The molecule has 0 spiro atoms. The number of benzene rings is 2. The average molecular weight is 300 g/mol. The van der Waals surface area contributed by atoms with Gasteiger partial charge in [-0.1, -0.05) is 29.9 Å². The van der Waals surface area contributed by atoms with E-state index in [1.807, 2.05) is 0 Å². The minimum Gasteiger partial charge on any atom is -0.455 e. The molecule has 2 N–H and O–H groups in total. The molecule has 98 valence electrons. The fourth-order valence-electron chi connectivity index (χ4n) is 1.50. The Kier molecular flexibility index (Phi) is 3.97. The fourth-order valence-corrected chi connectivity index (χ4v) is 1.91. The third kappa shape index (κ3) is 3.00. The molecule has 0 amide bonds. The van der Waals surface area contributed by atoms with Crippen molar-refractivity contribution in [2.75, 3.05) is 0 Å². The maximum absolute atomic E-state index is 13.6. The molecular formula is C13H8ClF2NOS. The number of hydrogen-bond donors (Lipinski definition) is 1. The van der Waals surface area contributed by atoms with E-state index in [2.05, 4.69) is 0 Å².